The van der Waals surface area contributed by atoms with E-state index in [2.05, 4.69) is 9.98 Å². The molecule has 2 N–H and O–H groups in total. The van der Waals surface area contributed by atoms with E-state index in [4.69, 9.17) is 0 Å². The van der Waals surface area contributed by atoms with Gasteiger partial charge in [-0.05, 0) is 23.3 Å². The smallest absolute Gasteiger partial charge is 0.201 e. The number of nitrogens with zero attached hydrogens (tertiary/aromatic N) is 2. The predicted octanol–water partition coefficient (Wildman–Crippen LogP) is 5.42. The van der Waals surface area contributed by atoms with E-state index in [1.54, 1.807) is 24.3 Å². The minimum absolute atomic E-state index is 0.131. The average molecular weight is 495 g/mol. The number of para-hydroxylation sites is 2. The molecular formula is C32H18N2O4. The molecule has 6 heteroatoms. The highest BCUT2D eigenvalue weighted by Gasteiger charge is 2.34. The molecule has 0 saturated heterocycles. The first-order valence-corrected chi connectivity index (χ1v) is 12.1. The molecule has 180 valence electrons. The number of benzene rings is 5. The van der Waals surface area contributed by atoms with Gasteiger partial charge in [-0.15, -0.1) is 0 Å². The molecule has 2 aliphatic heterocycles. The van der Waals surface area contributed by atoms with Crippen LogP contribution in [0.15, 0.2) is 107 Å². The van der Waals surface area contributed by atoms with Crippen LogP contribution in [-0.4, -0.2) is 21.8 Å². The van der Waals surface area contributed by atoms with Crippen molar-refractivity contribution in [1.29, 1.82) is 0 Å². The number of ketones is 2. The quantitative estimate of drug-likeness (QED) is 0.313. The van der Waals surface area contributed by atoms with Gasteiger partial charge in [-0.3, -0.25) is 9.59 Å². The van der Waals surface area contributed by atoms with Gasteiger partial charge in [0.2, 0.25) is 11.6 Å². The number of hydrogen-bond acceptors (Lipinski definition) is 6. The Morgan fingerprint density at radius 1 is 0.447 bits per heavy atom. The first-order valence-electron chi connectivity index (χ1n) is 12.1. The summed E-state index contributed by atoms with van der Waals surface area (Å²) < 4.78 is 0. The molecular weight excluding hydrogens is 476 g/mol. The lowest BCUT2D eigenvalue weighted by molar-refractivity contribution is 0.101. The van der Waals surface area contributed by atoms with Gasteiger partial charge >= 0.3 is 0 Å². The summed E-state index contributed by atoms with van der Waals surface area (Å²) in [6.45, 7) is 0. The second kappa shape index (κ2) is 8.08. The van der Waals surface area contributed by atoms with E-state index < -0.39 is 23.1 Å². The fraction of sp³-hybridized carbons (Fsp3) is 0. The van der Waals surface area contributed by atoms with Crippen molar-refractivity contribution in [3.05, 3.63) is 130 Å². The molecule has 7 rings (SSSR count). The molecule has 0 fully saturated rings. The van der Waals surface area contributed by atoms with E-state index in [9.17, 15) is 19.8 Å². The Bertz CT molecular complexity index is 1820. The number of aromatic hydroxyl groups is 2. The van der Waals surface area contributed by atoms with Gasteiger partial charge < -0.3 is 10.2 Å². The summed E-state index contributed by atoms with van der Waals surface area (Å²) >= 11 is 0. The minimum Gasteiger partial charge on any atom is -0.505 e. The molecule has 0 atom stereocenters. The zero-order valence-corrected chi connectivity index (χ0v) is 19.8. The predicted molar refractivity (Wildman–Crippen MR) is 142 cm³/mol. The molecule has 0 radical (unpaired) electrons. The molecule has 5 aromatic carbocycles. The van der Waals surface area contributed by atoms with Gasteiger partial charge in [-0.1, -0.05) is 84.9 Å². The molecule has 0 aromatic heterocycles. The lowest BCUT2D eigenvalue weighted by Crippen LogP contribution is -2.31. The topological polar surface area (TPSA) is 99.3 Å². The van der Waals surface area contributed by atoms with Gasteiger partial charge in [0.05, 0.1) is 22.5 Å². The third-order valence-electron chi connectivity index (χ3n) is 7.03. The van der Waals surface area contributed by atoms with Crippen LogP contribution in [0.5, 0.6) is 11.5 Å². The van der Waals surface area contributed by atoms with Crippen LogP contribution in [0.1, 0.15) is 31.8 Å². The molecule has 2 aliphatic rings. The van der Waals surface area contributed by atoms with Gasteiger partial charge in [0, 0.05) is 22.3 Å². The van der Waals surface area contributed by atoms with Crippen molar-refractivity contribution >= 4 is 22.9 Å². The number of rotatable bonds is 2. The highest BCUT2D eigenvalue weighted by Crippen LogP contribution is 2.40. The van der Waals surface area contributed by atoms with Crippen LogP contribution in [0.25, 0.3) is 22.3 Å². The summed E-state index contributed by atoms with van der Waals surface area (Å²) in [5.41, 5.74) is 4.09. The maximum absolute atomic E-state index is 13.7. The number of carbonyl (C=O) groups excluding carboxylic acids is 2. The molecule has 0 unspecified atom stereocenters. The Kier molecular flexibility index (Phi) is 4.65. The molecule has 0 bridgehead atoms. The van der Waals surface area contributed by atoms with Crippen LogP contribution in [0.2, 0.25) is 0 Å². The van der Waals surface area contributed by atoms with Crippen LogP contribution in [0, 0.1) is 0 Å². The molecule has 0 saturated carbocycles. The molecule has 5 aromatic rings. The van der Waals surface area contributed by atoms with E-state index in [0.717, 1.165) is 11.1 Å². The highest BCUT2D eigenvalue weighted by molar-refractivity contribution is 6.19. The lowest BCUT2D eigenvalue weighted by atomic mass is 9.88. The maximum atomic E-state index is 13.7. The van der Waals surface area contributed by atoms with Crippen molar-refractivity contribution in [2.45, 2.75) is 0 Å². The van der Waals surface area contributed by atoms with E-state index in [-0.39, 0.29) is 21.8 Å². The Hall–Kier alpha value is -5.36. The number of phenolic OH excluding ortho intramolecular Hbond substituents is 2. The molecule has 2 heterocycles. The second-order valence-electron chi connectivity index (χ2n) is 9.16. The van der Waals surface area contributed by atoms with Gasteiger partial charge in [-0.2, -0.15) is 0 Å². The maximum Gasteiger partial charge on any atom is 0.201 e. The largest absolute Gasteiger partial charge is 0.505 e. The van der Waals surface area contributed by atoms with Crippen molar-refractivity contribution in [3.63, 3.8) is 0 Å². The molecule has 6 nitrogen and oxygen atoms in total. The molecule has 0 amide bonds. The summed E-state index contributed by atoms with van der Waals surface area (Å²) in [6, 6.07) is 29.4. The molecule has 38 heavy (non-hydrogen) atoms. The second-order valence-corrected chi connectivity index (χ2v) is 9.16. The normalized spacial score (nSPS) is 12.9. The van der Waals surface area contributed by atoms with E-state index >= 15 is 0 Å². The van der Waals surface area contributed by atoms with Crippen molar-refractivity contribution in [2.24, 2.45) is 9.98 Å². The number of phenols is 2. The summed E-state index contributed by atoms with van der Waals surface area (Å²) in [5, 5.41) is 22.4. The Balaban J connectivity index is 1.54. The monoisotopic (exact) mass is 494 g/mol. The first-order chi connectivity index (χ1) is 18.5. The van der Waals surface area contributed by atoms with Crippen LogP contribution in [-0.2, 0) is 0 Å². The Morgan fingerprint density at radius 3 is 1.21 bits per heavy atom. The minimum atomic E-state index is -0.497. The van der Waals surface area contributed by atoms with Crippen LogP contribution < -0.4 is 10.7 Å². The van der Waals surface area contributed by atoms with Gasteiger partial charge in [0.15, 0.2) is 11.5 Å². The van der Waals surface area contributed by atoms with Crippen molar-refractivity contribution in [2.75, 3.05) is 0 Å². The fourth-order valence-electron chi connectivity index (χ4n) is 5.23. The number of carbonyl (C=O) groups is 2. The van der Waals surface area contributed by atoms with Crippen molar-refractivity contribution < 1.29 is 19.8 Å². The summed E-state index contributed by atoms with van der Waals surface area (Å²) in [7, 11) is 0. The van der Waals surface area contributed by atoms with Crippen LogP contribution in [0.4, 0.5) is 11.4 Å². The van der Waals surface area contributed by atoms with Crippen LogP contribution >= 0.6 is 0 Å². The van der Waals surface area contributed by atoms with Crippen molar-refractivity contribution in [3.8, 4) is 33.8 Å². The Morgan fingerprint density at radius 2 is 0.816 bits per heavy atom. The lowest BCUT2D eigenvalue weighted by Gasteiger charge is -2.21. The SMILES string of the molecule is O=C1c2cccc(-c3ccccc3)c2N=c2c(O)c3c(c(O)c21)=Nc1c(cccc1-c1ccccc1)C3=O. The number of fused-ring (bicyclic) bond motifs is 4. The molecule has 0 spiro atoms. The van der Waals surface area contributed by atoms with E-state index in [1.807, 2.05) is 72.8 Å². The van der Waals surface area contributed by atoms with E-state index in [0.29, 0.717) is 33.6 Å². The first kappa shape index (κ1) is 21.9. The third kappa shape index (κ3) is 3.01. The molecule has 0 aliphatic carbocycles. The Labute approximate surface area is 216 Å². The highest BCUT2D eigenvalue weighted by atomic mass is 16.3. The van der Waals surface area contributed by atoms with Crippen molar-refractivity contribution in [1.82, 2.24) is 0 Å². The summed E-state index contributed by atoms with van der Waals surface area (Å²) in [5.74, 6) is -1.94. The summed E-state index contributed by atoms with van der Waals surface area (Å²) in [4.78, 5) is 36.7. The zero-order chi connectivity index (χ0) is 26.0. The summed E-state index contributed by atoms with van der Waals surface area (Å²) in [6.07, 6.45) is 0. The van der Waals surface area contributed by atoms with Gasteiger partial charge in [-0.25, -0.2) is 9.98 Å². The van der Waals surface area contributed by atoms with Gasteiger partial charge in [0.25, 0.3) is 0 Å². The average Bonchev–Trinajstić information content (AvgIpc) is 2.96. The number of hydrogen-bond donors (Lipinski definition) is 2. The van der Waals surface area contributed by atoms with Crippen LogP contribution in [0.3, 0.4) is 0 Å². The fourth-order valence-corrected chi connectivity index (χ4v) is 5.23. The van der Waals surface area contributed by atoms with E-state index in [1.165, 1.54) is 0 Å². The van der Waals surface area contributed by atoms with Gasteiger partial charge in [0.1, 0.15) is 10.7 Å². The zero-order valence-electron chi connectivity index (χ0n) is 19.8. The standard InChI is InChI=1S/C32H18N2O4/c35-29-21-15-7-13-19(17-9-3-1-4-10-17)25(21)33-27-23(29)32(38)28-24(31(27)37)30(36)22-16-8-14-20(26(22)34-28)18-11-5-2-6-12-18/h1-16,37-38H. The third-order valence-corrected chi connectivity index (χ3v) is 7.03.